The van der Waals surface area contributed by atoms with Crippen LogP contribution in [0, 0.1) is 0 Å². The summed E-state index contributed by atoms with van der Waals surface area (Å²) in [6.07, 6.45) is 1.66. The molecule has 138 valence electrons. The summed E-state index contributed by atoms with van der Waals surface area (Å²) in [5.74, 6) is 0.224. The molecule has 0 unspecified atom stereocenters. The molecule has 1 aromatic heterocycles. The van der Waals surface area contributed by atoms with E-state index < -0.39 is 0 Å². The van der Waals surface area contributed by atoms with Crippen LogP contribution in [0.2, 0.25) is 5.02 Å². The maximum Gasteiger partial charge on any atom is 0.215 e. The fraction of sp³-hybridized carbons (Fsp3) is 0. The van der Waals surface area contributed by atoms with Crippen molar-refractivity contribution in [2.75, 3.05) is 0 Å². The highest BCUT2D eigenvalue weighted by molar-refractivity contribution is 7.07. The summed E-state index contributed by atoms with van der Waals surface area (Å²) in [5.41, 5.74) is 3.94. The minimum Gasteiger partial charge on any atom is -0.508 e. The van der Waals surface area contributed by atoms with Gasteiger partial charge in [-0.3, -0.25) is 4.57 Å². The molecule has 0 spiro atoms. The molecule has 0 saturated heterocycles. The van der Waals surface area contributed by atoms with Gasteiger partial charge in [0.1, 0.15) is 5.75 Å². The Kier molecular flexibility index (Phi) is 5.37. The summed E-state index contributed by atoms with van der Waals surface area (Å²) in [6, 6.07) is 24.6. The number of benzene rings is 3. The van der Waals surface area contributed by atoms with Gasteiger partial charge >= 0.3 is 0 Å². The first-order valence-electron chi connectivity index (χ1n) is 8.59. The summed E-state index contributed by atoms with van der Waals surface area (Å²) in [6.45, 7) is 0. The van der Waals surface area contributed by atoms with E-state index in [4.69, 9.17) is 11.6 Å². The van der Waals surface area contributed by atoms with Crippen LogP contribution in [-0.4, -0.2) is 15.9 Å². The lowest BCUT2D eigenvalue weighted by Crippen LogP contribution is -2.13. The standard InChI is InChI=1S/C22H16ClN3OS/c23-18-10-8-17(9-11-18)21-15-28-22(26(21)19-4-2-1-3-5-19)25-24-14-16-6-12-20(27)13-7-16/h1-15,27H/b24-14+,25-22-. The van der Waals surface area contributed by atoms with E-state index in [0.717, 1.165) is 27.3 Å². The summed E-state index contributed by atoms with van der Waals surface area (Å²) in [7, 11) is 0. The topological polar surface area (TPSA) is 49.9 Å². The fourth-order valence-corrected chi connectivity index (χ4v) is 3.72. The van der Waals surface area contributed by atoms with E-state index in [1.165, 1.54) is 11.3 Å². The van der Waals surface area contributed by atoms with Gasteiger partial charge in [-0.1, -0.05) is 41.9 Å². The van der Waals surface area contributed by atoms with E-state index >= 15 is 0 Å². The zero-order valence-corrected chi connectivity index (χ0v) is 16.3. The Balaban J connectivity index is 1.79. The number of aromatic hydroxyl groups is 1. The Hall–Kier alpha value is -3.15. The molecule has 0 atom stereocenters. The zero-order chi connectivity index (χ0) is 19.3. The van der Waals surface area contributed by atoms with Gasteiger partial charge in [0.25, 0.3) is 0 Å². The number of rotatable bonds is 4. The number of hydrogen-bond donors (Lipinski definition) is 1. The van der Waals surface area contributed by atoms with Gasteiger partial charge in [-0.15, -0.1) is 16.4 Å². The van der Waals surface area contributed by atoms with Crippen LogP contribution in [0.3, 0.4) is 0 Å². The van der Waals surface area contributed by atoms with Crippen molar-refractivity contribution in [3.63, 3.8) is 0 Å². The number of thiazole rings is 1. The Bertz CT molecular complexity index is 1160. The predicted molar refractivity (Wildman–Crippen MR) is 115 cm³/mol. The molecule has 0 aliphatic carbocycles. The van der Waals surface area contributed by atoms with E-state index in [1.54, 1.807) is 30.5 Å². The number of phenols is 1. The molecule has 0 radical (unpaired) electrons. The van der Waals surface area contributed by atoms with Gasteiger partial charge in [0.15, 0.2) is 0 Å². The molecular formula is C22H16ClN3OS. The molecule has 0 saturated carbocycles. The normalized spacial score (nSPS) is 12.0. The van der Waals surface area contributed by atoms with Crippen LogP contribution in [0.5, 0.6) is 5.75 Å². The molecule has 0 fully saturated rings. The number of para-hydroxylation sites is 1. The molecular weight excluding hydrogens is 390 g/mol. The average Bonchev–Trinajstić information content (AvgIpc) is 3.14. The Morgan fingerprint density at radius 1 is 0.893 bits per heavy atom. The lowest BCUT2D eigenvalue weighted by Gasteiger charge is -2.09. The number of nitrogens with zero attached hydrogens (tertiary/aromatic N) is 3. The molecule has 4 aromatic rings. The molecule has 3 aromatic carbocycles. The SMILES string of the molecule is Oc1ccc(/C=N/N=c2\scc(-c3ccc(Cl)cc3)n2-c2ccccc2)cc1. The molecule has 0 aliphatic rings. The molecule has 4 nitrogen and oxygen atoms in total. The van der Waals surface area contributed by atoms with Crippen molar-refractivity contribution in [1.82, 2.24) is 4.57 Å². The highest BCUT2D eigenvalue weighted by Gasteiger charge is 2.10. The minimum absolute atomic E-state index is 0.224. The van der Waals surface area contributed by atoms with Gasteiger partial charge in [0, 0.05) is 16.1 Å². The summed E-state index contributed by atoms with van der Waals surface area (Å²) in [4.78, 5) is 0.756. The largest absolute Gasteiger partial charge is 0.508 e. The zero-order valence-electron chi connectivity index (χ0n) is 14.7. The van der Waals surface area contributed by atoms with Crippen molar-refractivity contribution in [3.05, 3.63) is 99.6 Å². The van der Waals surface area contributed by atoms with Gasteiger partial charge in [-0.2, -0.15) is 5.10 Å². The van der Waals surface area contributed by atoms with Gasteiger partial charge in [-0.05, 0) is 59.7 Å². The van der Waals surface area contributed by atoms with Gasteiger partial charge in [0.2, 0.25) is 4.80 Å². The van der Waals surface area contributed by atoms with Crippen LogP contribution in [0.4, 0.5) is 0 Å². The fourth-order valence-electron chi connectivity index (χ4n) is 2.73. The average molecular weight is 406 g/mol. The van der Waals surface area contributed by atoms with Crippen molar-refractivity contribution in [3.8, 4) is 22.7 Å². The highest BCUT2D eigenvalue weighted by atomic mass is 35.5. The van der Waals surface area contributed by atoms with Crippen LogP contribution in [0.15, 0.2) is 94.4 Å². The smallest absolute Gasteiger partial charge is 0.215 e. The second-order valence-corrected chi connectivity index (χ2v) is 7.29. The summed E-state index contributed by atoms with van der Waals surface area (Å²) < 4.78 is 2.07. The molecule has 4 rings (SSSR count). The molecule has 28 heavy (non-hydrogen) atoms. The van der Waals surface area contributed by atoms with E-state index in [0.29, 0.717) is 5.02 Å². The maximum absolute atomic E-state index is 9.37. The molecule has 1 heterocycles. The third-order valence-electron chi connectivity index (χ3n) is 4.11. The van der Waals surface area contributed by atoms with Gasteiger partial charge in [0.05, 0.1) is 11.9 Å². The Morgan fingerprint density at radius 2 is 1.61 bits per heavy atom. The van der Waals surface area contributed by atoms with Gasteiger partial charge in [-0.25, -0.2) is 0 Å². The predicted octanol–water partition coefficient (Wildman–Crippen LogP) is 5.50. The maximum atomic E-state index is 9.37. The lowest BCUT2D eigenvalue weighted by molar-refractivity contribution is 0.475. The quantitative estimate of drug-likeness (QED) is 0.353. The molecule has 0 bridgehead atoms. The first-order chi connectivity index (χ1) is 13.7. The Labute approximate surface area is 171 Å². The van der Waals surface area contributed by atoms with Crippen LogP contribution >= 0.6 is 22.9 Å². The Morgan fingerprint density at radius 3 is 2.32 bits per heavy atom. The third-order valence-corrected chi connectivity index (χ3v) is 5.17. The monoisotopic (exact) mass is 405 g/mol. The number of aromatic nitrogens is 1. The van der Waals surface area contributed by atoms with E-state index in [2.05, 4.69) is 20.1 Å². The van der Waals surface area contributed by atoms with E-state index in [9.17, 15) is 5.11 Å². The third kappa shape index (κ3) is 4.06. The molecule has 0 aliphatic heterocycles. The van der Waals surface area contributed by atoms with Crippen LogP contribution in [0.1, 0.15) is 5.56 Å². The van der Waals surface area contributed by atoms with Crippen molar-refractivity contribution in [2.45, 2.75) is 0 Å². The number of phenolic OH excluding ortho intramolecular Hbond substituents is 1. The summed E-state index contributed by atoms with van der Waals surface area (Å²) in [5, 5.41) is 20.8. The van der Waals surface area contributed by atoms with Crippen molar-refractivity contribution < 1.29 is 5.11 Å². The second kappa shape index (κ2) is 8.25. The molecule has 6 heteroatoms. The highest BCUT2D eigenvalue weighted by Crippen LogP contribution is 2.24. The lowest BCUT2D eigenvalue weighted by atomic mass is 10.1. The van der Waals surface area contributed by atoms with Crippen LogP contribution in [0.25, 0.3) is 16.9 Å². The molecule has 0 amide bonds. The van der Waals surface area contributed by atoms with Crippen molar-refractivity contribution in [2.24, 2.45) is 10.2 Å². The number of hydrogen-bond acceptors (Lipinski definition) is 4. The first-order valence-corrected chi connectivity index (χ1v) is 9.84. The summed E-state index contributed by atoms with van der Waals surface area (Å²) >= 11 is 7.56. The van der Waals surface area contributed by atoms with E-state index in [1.807, 2.05) is 54.6 Å². The van der Waals surface area contributed by atoms with Crippen LogP contribution < -0.4 is 4.80 Å². The van der Waals surface area contributed by atoms with Crippen molar-refractivity contribution >= 4 is 29.2 Å². The van der Waals surface area contributed by atoms with E-state index in [-0.39, 0.29) is 5.75 Å². The van der Waals surface area contributed by atoms with Gasteiger partial charge < -0.3 is 5.11 Å². The second-order valence-electron chi connectivity index (χ2n) is 6.02. The van der Waals surface area contributed by atoms with Crippen LogP contribution in [-0.2, 0) is 0 Å². The molecule has 1 N–H and O–H groups in total. The minimum atomic E-state index is 0.224. The van der Waals surface area contributed by atoms with Crippen molar-refractivity contribution in [1.29, 1.82) is 0 Å². The first kappa shape index (κ1) is 18.2. The number of halogens is 1.